The number of piperidine rings is 1. The Kier molecular flexibility index (Phi) is 6.15. The van der Waals surface area contributed by atoms with Crippen LogP contribution in [0.1, 0.15) is 12.8 Å². The summed E-state index contributed by atoms with van der Waals surface area (Å²) in [6.07, 6.45) is 1.43. The highest BCUT2D eigenvalue weighted by atomic mass is 32.2. The Bertz CT molecular complexity index is 971. The first-order chi connectivity index (χ1) is 14.2. The standard InChI is InChI=1S/C24H23FN2OS/c25-20-10-4-6-12-22(20)27-16-14-18(15-17-27)24(28)26-21-11-5-7-13-23(21)29-19-8-2-1-3-9-19/h1-13,18H,14-17H2,(H,26,28). The van der Waals surface area contributed by atoms with Crippen LogP contribution < -0.4 is 10.2 Å². The number of rotatable bonds is 5. The van der Waals surface area contributed by atoms with Crippen LogP contribution in [-0.4, -0.2) is 19.0 Å². The summed E-state index contributed by atoms with van der Waals surface area (Å²) in [6, 6.07) is 24.8. The van der Waals surface area contributed by atoms with Crippen molar-refractivity contribution in [1.82, 2.24) is 0 Å². The maximum absolute atomic E-state index is 14.0. The van der Waals surface area contributed by atoms with E-state index in [-0.39, 0.29) is 17.6 Å². The Hall–Kier alpha value is -2.79. The number of hydrogen-bond acceptors (Lipinski definition) is 3. The third-order valence-electron chi connectivity index (χ3n) is 5.17. The molecule has 1 heterocycles. The first-order valence-corrected chi connectivity index (χ1v) is 10.6. The van der Waals surface area contributed by atoms with Crippen LogP contribution in [0.15, 0.2) is 88.7 Å². The van der Waals surface area contributed by atoms with Gasteiger partial charge in [0.1, 0.15) is 5.82 Å². The quantitative estimate of drug-likeness (QED) is 0.578. The van der Waals surface area contributed by atoms with Gasteiger partial charge in [-0.3, -0.25) is 4.79 Å². The Morgan fingerprint density at radius 1 is 0.897 bits per heavy atom. The number of para-hydroxylation sites is 2. The summed E-state index contributed by atoms with van der Waals surface area (Å²) in [7, 11) is 0. The van der Waals surface area contributed by atoms with Crippen LogP contribution >= 0.6 is 11.8 Å². The lowest BCUT2D eigenvalue weighted by Gasteiger charge is -2.33. The molecule has 4 rings (SSSR count). The van der Waals surface area contributed by atoms with E-state index in [1.807, 2.05) is 53.4 Å². The van der Waals surface area contributed by atoms with Crippen LogP contribution in [0.2, 0.25) is 0 Å². The van der Waals surface area contributed by atoms with Gasteiger partial charge in [0, 0.05) is 28.8 Å². The topological polar surface area (TPSA) is 32.3 Å². The number of halogens is 1. The van der Waals surface area contributed by atoms with E-state index in [0.717, 1.165) is 15.5 Å². The first kappa shape index (κ1) is 19.5. The number of benzene rings is 3. The number of amides is 1. The van der Waals surface area contributed by atoms with E-state index in [4.69, 9.17) is 0 Å². The van der Waals surface area contributed by atoms with E-state index in [0.29, 0.717) is 31.6 Å². The van der Waals surface area contributed by atoms with Gasteiger partial charge in [-0.15, -0.1) is 0 Å². The lowest BCUT2D eigenvalue weighted by atomic mass is 9.95. The molecule has 1 N–H and O–H groups in total. The van der Waals surface area contributed by atoms with Crippen molar-refractivity contribution in [2.75, 3.05) is 23.3 Å². The van der Waals surface area contributed by atoms with E-state index < -0.39 is 0 Å². The molecule has 1 fully saturated rings. The van der Waals surface area contributed by atoms with Crippen LogP contribution in [-0.2, 0) is 4.79 Å². The largest absolute Gasteiger partial charge is 0.369 e. The number of nitrogens with one attached hydrogen (secondary N) is 1. The van der Waals surface area contributed by atoms with E-state index in [1.54, 1.807) is 23.9 Å². The molecule has 0 radical (unpaired) electrons. The Balaban J connectivity index is 1.39. The van der Waals surface area contributed by atoms with E-state index in [2.05, 4.69) is 17.4 Å². The molecule has 3 aromatic carbocycles. The van der Waals surface area contributed by atoms with Crippen molar-refractivity contribution in [3.8, 4) is 0 Å². The number of carbonyl (C=O) groups excluding carboxylic acids is 1. The normalized spacial score (nSPS) is 14.6. The van der Waals surface area contributed by atoms with E-state index >= 15 is 0 Å². The lowest BCUT2D eigenvalue weighted by molar-refractivity contribution is -0.120. The third kappa shape index (κ3) is 4.80. The van der Waals surface area contributed by atoms with Crippen molar-refractivity contribution in [1.29, 1.82) is 0 Å². The summed E-state index contributed by atoms with van der Waals surface area (Å²) >= 11 is 1.64. The molecule has 1 saturated heterocycles. The van der Waals surface area contributed by atoms with Crippen molar-refractivity contribution in [3.05, 3.63) is 84.7 Å². The van der Waals surface area contributed by atoms with Gasteiger partial charge in [0.15, 0.2) is 0 Å². The van der Waals surface area contributed by atoms with Gasteiger partial charge in [-0.25, -0.2) is 4.39 Å². The Labute approximate surface area is 174 Å². The van der Waals surface area contributed by atoms with Gasteiger partial charge in [0.05, 0.1) is 11.4 Å². The highest BCUT2D eigenvalue weighted by Gasteiger charge is 2.26. The second kappa shape index (κ2) is 9.14. The van der Waals surface area contributed by atoms with Crippen LogP contribution in [0.5, 0.6) is 0 Å². The Morgan fingerprint density at radius 3 is 2.31 bits per heavy atom. The molecule has 0 spiro atoms. The zero-order chi connectivity index (χ0) is 20.1. The molecule has 3 nitrogen and oxygen atoms in total. The SMILES string of the molecule is O=C(Nc1ccccc1Sc1ccccc1)C1CCN(c2ccccc2F)CC1. The highest BCUT2D eigenvalue weighted by molar-refractivity contribution is 7.99. The minimum atomic E-state index is -0.206. The summed E-state index contributed by atoms with van der Waals surface area (Å²) in [5.74, 6) is -0.227. The molecule has 0 aliphatic carbocycles. The summed E-state index contributed by atoms with van der Waals surface area (Å²) in [6.45, 7) is 1.36. The molecule has 1 amide bonds. The lowest BCUT2D eigenvalue weighted by Crippen LogP contribution is -2.38. The molecule has 0 bridgehead atoms. The molecule has 3 aromatic rings. The monoisotopic (exact) mass is 406 g/mol. The smallest absolute Gasteiger partial charge is 0.227 e. The molecule has 0 aromatic heterocycles. The molecular formula is C24H23FN2OS. The molecule has 148 valence electrons. The molecule has 5 heteroatoms. The zero-order valence-corrected chi connectivity index (χ0v) is 16.9. The second-order valence-electron chi connectivity index (χ2n) is 7.11. The summed E-state index contributed by atoms with van der Waals surface area (Å²) in [5, 5.41) is 3.11. The van der Waals surface area contributed by atoms with Crippen molar-refractivity contribution >= 4 is 29.0 Å². The number of anilines is 2. The first-order valence-electron chi connectivity index (χ1n) is 9.83. The maximum atomic E-state index is 14.0. The van der Waals surface area contributed by atoms with Gasteiger partial charge < -0.3 is 10.2 Å². The molecule has 0 saturated carbocycles. The van der Waals surface area contributed by atoms with Gasteiger partial charge in [-0.1, -0.05) is 54.2 Å². The van der Waals surface area contributed by atoms with E-state index in [1.165, 1.54) is 6.07 Å². The molecule has 29 heavy (non-hydrogen) atoms. The predicted octanol–water partition coefficient (Wildman–Crippen LogP) is 5.83. The van der Waals surface area contributed by atoms with Crippen molar-refractivity contribution < 1.29 is 9.18 Å². The van der Waals surface area contributed by atoms with Gasteiger partial charge >= 0.3 is 0 Å². The van der Waals surface area contributed by atoms with Crippen molar-refractivity contribution in [2.45, 2.75) is 22.6 Å². The van der Waals surface area contributed by atoms with Crippen LogP contribution in [0, 0.1) is 11.7 Å². The molecule has 0 atom stereocenters. The van der Waals surface area contributed by atoms with Crippen LogP contribution in [0.4, 0.5) is 15.8 Å². The van der Waals surface area contributed by atoms with Crippen LogP contribution in [0.25, 0.3) is 0 Å². The third-order valence-corrected chi connectivity index (χ3v) is 6.26. The number of hydrogen-bond donors (Lipinski definition) is 1. The molecule has 1 aliphatic heterocycles. The fourth-order valence-corrected chi connectivity index (χ4v) is 4.52. The second-order valence-corrected chi connectivity index (χ2v) is 8.23. The fourth-order valence-electron chi connectivity index (χ4n) is 3.60. The van der Waals surface area contributed by atoms with Crippen molar-refractivity contribution in [3.63, 3.8) is 0 Å². The van der Waals surface area contributed by atoms with Crippen LogP contribution in [0.3, 0.4) is 0 Å². The minimum absolute atomic E-state index is 0.0410. The van der Waals surface area contributed by atoms with Gasteiger partial charge in [-0.05, 0) is 49.2 Å². The molecular weight excluding hydrogens is 383 g/mol. The molecule has 1 aliphatic rings. The summed E-state index contributed by atoms with van der Waals surface area (Å²) in [5.41, 5.74) is 1.46. The van der Waals surface area contributed by atoms with Gasteiger partial charge in [0.2, 0.25) is 5.91 Å². The fraction of sp³-hybridized carbons (Fsp3) is 0.208. The zero-order valence-electron chi connectivity index (χ0n) is 16.1. The van der Waals surface area contributed by atoms with Gasteiger partial charge in [-0.2, -0.15) is 0 Å². The predicted molar refractivity (Wildman–Crippen MR) is 117 cm³/mol. The highest BCUT2D eigenvalue weighted by Crippen LogP contribution is 2.34. The number of carbonyl (C=O) groups is 1. The summed E-state index contributed by atoms with van der Waals surface area (Å²) < 4.78 is 14.0. The van der Waals surface area contributed by atoms with Gasteiger partial charge in [0.25, 0.3) is 0 Å². The average Bonchev–Trinajstić information content (AvgIpc) is 2.76. The van der Waals surface area contributed by atoms with Crippen molar-refractivity contribution in [2.24, 2.45) is 5.92 Å². The number of nitrogens with zero attached hydrogens (tertiary/aromatic N) is 1. The molecule has 0 unspecified atom stereocenters. The average molecular weight is 407 g/mol. The Morgan fingerprint density at radius 2 is 1.55 bits per heavy atom. The van der Waals surface area contributed by atoms with E-state index in [9.17, 15) is 9.18 Å². The maximum Gasteiger partial charge on any atom is 0.227 e. The summed E-state index contributed by atoms with van der Waals surface area (Å²) in [4.78, 5) is 17.1. The minimum Gasteiger partial charge on any atom is -0.369 e.